The van der Waals surface area contributed by atoms with E-state index < -0.39 is 10.8 Å². The second-order valence-corrected chi connectivity index (χ2v) is 9.75. The van der Waals surface area contributed by atoms with E-state index in [0.29, 0.717) is 27.0 Å². The molecule has 1 fully saturated rings. The van der Waals surface area contributed by atoms with Crippen molar-refractivity contribution in [1.82, 2.24) is 4.98 Å². The number of para-hydroxylation sites is 1. The highest BCUT2D eigenvalue weighted by molar-refractivity contribution is 7.21. The Hall–Kier alpha value is -3.20. The molecule has 0 bridgehead atoms. The van der Waals surface area contributed by atoms with E-state index >= 15 is 0 Å². The maximum atomic E-state index is 13.0. The van der Waals surface area contributed by atoms with Gasteiger partial charge in [0.15, 0.2) is 0 Å². The van der Waals surface area contributed by atoms with Gasteiger partial charge < -0.3 is 10.2 Å². The number of hydrogen-bond donors (Lipinski definition) is 1. The smallest absolute Gasteiger partial charge is 0.293 e. The van der Waals surface area contributed by atoms with Crippen molar-refractivity contribution in [2.75, 3.05) is 23.3 Å². The van der Waals surface area contributed by atoms with Gasteiger partial charge in [0.25, 0.3) is 11.6 Å². The van der Waals surface area contributed by atoms with Crippen LogP contribution in [0.4, 0.5) is 17.1 Å². The molecule has 0 spiro atoms. The molecule has 4 aromatic rings. The first-order valence-corrected chi connectivity index (χ1v) is 12.2. The SMILES string of the molecule is O=C(Nc1cc(-c2nc3ccccc3s2)c(Cl)cc1Cl)c1ccc(N2CCCC2)c([N+](=O)[O-])c1. The number of amides is 1. The van der Waals surface area contributed by atoms with Crippen molar-refractivity contribution in [3.63, 3.8) is 0 Å². The summed E-state index contributed by atoms with van der Waals surface area (Å²) in [5.74, 6) is -0.504. The van der Waals surface area contributed by atoms with Crippen LogP contribution in [0.25, 0.3) is 20.8 Å². The van der Waals surface area contributed by atoms with Crippen LogP contribution in [-0.2, 0) is 0 Å². The van der Waals surface area contributed by atoms with Crippen LogP contribution in [0.2, 0.25) is 10.0 Å². The average molecular weight is 513 g/mol. The summed E-state index contributed by atoms with van der Waals surface area (Å²) in [5.41, 5.74) is 2.44. The first-order chi connectivity index (χ1) is 16.4. The number of halogens is 2. The molecule has 0 unspecified atom stereocenters. The van der Waals surface area contributed by atoms with Gasteiger partial charge >= 0.3 is 0 Å². The molecule has 34 heavy (non-hydrogen) atoms. The van der Waals surface area contributed by atoms with E-state index in [-0.39, 0.29) is 16.3 Å². The molecule has 3 aromatic carbocycles. The van der Waals surface area contributed by atoms with Gasteiger partial charge in [0, 0.05) is 30.3 Å². The summed E-state index contributed by atoms with van der Waals surface area (Å²) in [6.45, 7) is 1.53. The molecule has 172 valence electrons. The van der Waals surface area contributed by atoms with E-state index in [9.17, 15) is 14.9 Å². The molecule has 1 aliphatic heterocycles. The Bertz CT molecular complexity index is 1400. The van der Waals surface area contributed by atoms with Gasteiger partial charge in [-0.05, 0) is 49.2 Å². The number of carbonyl (C=O) groups excluding carboxylic acids is 1. The van der Waals surface area contributed by atoms with Crippen LogP contribution >= 0.6 is 34.5 Å². The van der Waals surface area contributed by atoms with Gasteiger partial charge in [-0.3, -0.25) is 14.9 Å². The number of aromatic nitrogens is 1. The van der Waals surface area contributed by atoms with Gasteiger partial charge in [-0.25, -0.2) is 4.98 Å². The summed E-state index contributed by atoms with van der Waals surface area (Å²) in [5, 5.41) is 15.8. The molecule has 0 aliphatic carbocycles. The lowest BCUT2D eigenvalue weighted by atomic mass is 10.1. The normalized spacial score (nSPS) is 13.4. The number of thiazole rings is 1. The van der Waals surface area contributed by atoms with Crippen LogP contribution in [0.3, 0.4) is 0 Å². The monoisotopic (exact) mass is 512 g/mol. The number of anilines is 2. The molecule has 1 aliphatic rings. The maximum absolute atomic E-state index is 13.0. The Morgan fingerprint density at radius 1 is 1.06 bits per heavy atom. The van der Waals surface area contributed by atoms with Crippen molar-refractivity contribution in [1.29, 1.82) is 0 Å². The van der Waals surface area contributed by atoms with Crippen molar-refractivity contribution in [3.05, 3.63) is 80.3 Å². The molecule has 0 radical (unpaired) electrons. The number of nitrogens with one attached hydrogen (secondary N) is 1. The Morgan fingerprint density at radius 3 is 2.56 bits per heavy atom. The molecular weight excluding hydrogens is 495 g/mol. The summed E-state index contributed by atoms with van der Waals surface area (Å²) < 4.78 is 1.01. The molecule has 7 nitrogen and oxygen atoms in total. The largest absolute Gasteiger partial charge is 0.366 e. The second-order valence-electron chi connectivity index (χ2n) is 7.91. The summed E-state index contributed by atoms with van der Waals surface area (Å²) >= 11 is 14.3. The number of carbonyl (C=O) groups is 1. The average Bonchev–Trinajstić information content (AvgIpc) is 3.50. The lowest BCUT2D eigenvalue weighted by Gasteiger charge is -2.18. The maximum Gasteiger partial charge on any atom is 0.293 e. The van der Waals surface area contributed by atoms with Gasteiger partial charge in [-0.2, -0.15) is 0 Å². The van der Waals surface area contributed by atoms with Gasteiger partial charge in [0.1, 0.15) is 10.7 Å². The quantitative estimate of drug-likeness (QED) is 0.229. The molecule has 1 amide bonds. The van der Waals surface area contributed by atoms with E-state index in [4.69, 9.17) is 23.2 Å². The predicted molar refractivity (Wildman–Crippen MR) is 138 cm³/mol. The molecule has 1 saturated heterocycles. The molecule has 0 atom stereocenters. The first-order valence-electron chi connectivity index (χ1n) is 10.6. The predicted octanol–water partition coefficient (Wildman–Crippen LogP) is 7.03. The van der Waals surface area contributed by atoms with Gasteiger partial charge in [-0.15, -0.1) is 11.3 Å². The third-order valence-corrected chi connectivity index (χ3v) is 7.41. The topological polar surface area (TPSA) is 88.4 Å². The van der Waals surface area contributed by atoms with Gasteiger partial charge in [0.05, 0.1) is 30.9 Å². The van der Waals surface area contributed by atoms with Gasteiger partial charge in [-0.1, -0.05) is 35.3 Å². The zero-order valence-corrected chi connectivity index (χ0v) is 20.1. The van der Waals surface area contributed by atoms with E-state index in [1.54, 1.807) is 24.3 Å². The van der Waals surface area contributed by atoms with E-state index in [0.717, 1.165) is 36.1 Å². The van der Waals surface area contributed by atoms with Gasteiger partial charge in [0.2, 0.25) is 0 Å². The number of benzene rings is 3. The number of fused-ring (bicyclic) bond motifs is 1. The second kappa shape index (κ2) is 9.21. The lowest BCUT2D eigenvalue weighted by molar-refractivity contribution is -0.384. The first kappa shape index (κ1) is 22.6. The van der Waals surface area contributed by atoms with E-state index in [1.807, 2.05) is 29.2 Å². The van der Waals surface area contributed by atoms with Crippen LogP contribution in [0.1, 0.15) is 23.2 Å². The highest BCUT2D eigenvalue weighted by atomic mass is 35.5. The van der Waals surface area contributed by atoms with Crippen molar-refractivity contribution >= 4 is 67.7 Å². The van der Waals surface area contributed by atoms with Crippen molar-refractivity contribution in [2.45, 2.75) is 12.8 Å². The number of hydrogen-bond acceptors (Lipinski definition) is 6. The molecule has 1 aromatic heterocycles. The van der Waals surface area contributed by atoms with Crippen molar-refractivity contribution < 1.29 is 9.72 Å². The van der Waals surface area contributed by atoms with Crippen LogP contribution < -0.4 is 10.2 Å². The standard InChI is InChI=1S/C24H18Cl2N4O3S/c25-16-13-17(26)19(12-15(16)24-28-18-5-1-2-6-22(18)34-24)27-23(31)14-7-8-20(21(11-14)30(32)33)29-9-3-4-10-29/h1-2,5-8,11-13H,3-4,9-10H2,(H,27,31). The third-order valence-electron chi connectivity index (χ3n) is 5.71. The Balaban J connectivity index is 1.46. The van der Waals surface area contributed by atoms with Crippen molar-refractivity contribution in [3.8, 4) is 10.6 Å². The summed E-state index contributed by atoms with van der Waals surface area (Å²) in [6, 6.07) is 15.5. The minimum Gasteiger partial charge on any atom is -0.366 e. The van der Waals surface area contributed by atoms with Crippen LogP contribution in [0.15, 0.2) is 54.6 Å². The molecule has 10 heteroatoms. The Labute approximate surface area is 209 Å². The van der Waals surface area contributed by atoms with E-state index in [2.05, 4.69) is 10.3 Å². The Morgan fingerprint density at radius 2 is 1.82 bits per heavy atom. The van der Waals surface area contributed by atoms with Crippen LogP contribution in [0, 0.1) is 10.1 Å². The summed E-state index contributed by atoms with van der Waals surface area (Å²) in [7, 11) is 0. The molecule has 0 saturated carbocycles. The fourth-order valence-electron chi connectivity index (χ4n) is 4.03. The zero-order valence-electron chi connectivity index (χ0n) is 17.8. The third kappa shape index (κ3) is 4.32. The molecule has 2 heterocycles. The lowest BCUT2D eigenvalue weighted by Crippen LogP contribution is -2.20. The molecule has 1 N–H and O–H groups in total. The molecule has 5 rings (SSSR count). The zero-order chi connectivity index (χ0) is 23.8. The van der Waals surface area contributed by atoms with Crippen LogP contribution in [0.5, 0.6) is 0 Å². The fourth-order valence-corrected chi connectivity index (χ4v) is 5.60. The highest BCUT2D eigenvalue weighted by Gasteiger charge is 2.24. The number of nitro groups is 1. The fraction of sp³-hybridized carbons (Fsp3) is 0.167. The van der Waals surface area contributed by atoms with E-state index in [1.165, 1.54) is 17.4 Å². The molecular formula is C24H18Cl2N4O3S. The minimum atomic E-state index is -0.504. The number of nitro benzene ring substituents is 1. The summed E-state index contributed by atoms with van der Waals surface area (Å²) in [6.07, 6.45) is 1.98. The van der Waals surface area contributed by atoms with Crippen molar-refractivity contribution in [2.24, 2.45) is 0 Å². The minimum absolute atomic E-state index is 0.0908. The summed E-state index contributed by atoms with van der Waals surface area (Å²) in [4.78, 5) is 30.8. The Kier molecular flexibility index (Phi) is 6.12. The highest BCUT2D eigenvalue weighted by Crippen LogP contribution is 2.39. The van der Waals surface area contributed by atoms with Crippen LogP contribution in [-0.4, -0.2) is 28.9 Å². The number of rotatable bonds is 5. The number of nitrogens with zero attached hydrogens (tertiary/aromatic N) is 3.